The minimum Gasteiger partial charge on any atom is -0.380 e. The van der Waals surface area contributed by atoms with Gasteiger partial charge in [-0.3, -0.25) is 10.3 Å². The number of nitrogens with one attached hydrogen (secondary N) is 2. The Morgan fingerprint density at radius 3 is 3.00 bits per heavy atom. The molecule has 0 atom stereocenters. The summed E-state index contributed by atoms with van der Waals surface area (Å²) >= 11 is 5.78. The van der Waals surface area contributed by atoms with Crippen LogP contribution in [0.5, 0.6) is 0 Å². The minimum absolute atomic E-state index is 0.0573. The molecule has 30 heavy (non-hydrogen) atoms. The van der Waals surface area contributed by atoms with Gasteiger partial charge in [-0.15, -0.1) is 5.10 Å². The molecule has 1 aromatic carbocycles. The fourth-order valence-corrected chi connectivity index (χ4v) is 2.74. The van der Waals surface area contributed by atoms with E-state index in [1.54, 1.807) is 4.68 Å². The summed E-state index contributed by atoms with van der Waals surface area (Å²) in [6, 6.07) is 4.03. The van der Waals surface area contributed by atoms with Crippen molar-refractivity contribution in [1.82, 2.24) is 35.4 Å². The Kier molecular flexibility index (Phi) is 7.38. The summed E-state index contributed by atoms with van der Waals surface area (Å²) in [6.45, 7) is 4.62. The number of nitrogens with zero attached hydrogens (tertiary/aromatic N) is 7. The molecular formula is C17H21ClFN9O2. The Balaban J connectivity index is 1.67. The fraction of sp³-hybridized carbons (Fsp3) is 0.412. The molecule has 0 aliphatic rings. The van der Waals surface area contributed by atoms with Gasteiger partial charge >= 0.3 is 0 Å². The Bertz CT molecular complexity index is 993. The molecule has 3 rings (SSSR count). The number of ether oxygens (including phenoxy) is 1. The van der Waals surface area contributed by atoms with E-state index in [1.165, 1.54) is 18.2 Å². The van der Waals surface area contributed by atoms with Crippen LogP contribution in [0, 0.1) is 11.2 Å². The molecule has 2 N–H and O–H groups in total. The Morgan fingerprint density at radius 2 is 2.23 bits per heavy atom. The third kappa shape index (κ3) is 5.55. The maximum Gasteiger partial charge on any atom is 0.174 e. The lowest BCUT2D eigenvalue weighted by Crippen LogP contribution is -2.25. The third-order valence-corrected chi connectivity index (χ3v) is 4.41. The highest BCUT2D eigenvalue weighted by Crippen LogP contribution is 2.20. The van der Waals surface area contributed by atoms with Crippen LogP contribution in [0.25, 0.3) is 0 Å². The number of benzene rings is 1. The molecule has 0 spiro atoms. The SMILES string of the molecule is CCOCCN(C)Cc1nnnn1Cc1nonc1C(=N)Nc1ccc(F)c(Cl)c1. The van der Waals surface area contributed by atoms with Crippen LogP contribution in [0.15, 0.2) is 22.8 Å². The van der Waals surface area contributed by atoms with Gasteiger partial charge in [-0.25, -0.2) is 13.7 Å². The Hall–Kier alpha value is -2.96. The molecule has 0 unspecified atom stereocenters. The molecule has 0 radical (unpaired) electrons. The van der Waals surface area contributed by atoms with Gasteiger partial charge in [0.15, 0.2) is 17.4 Å². The van der Waals surface area contributed by atoms with Crippen LogP contribution in [-0.4, -0.2) is 68.1 Å². The van der Waals surface area contributed by atoms with Crippen LogP contribution in [0.4, 0.5) is 10.1 Å². The van der Waals surface area contributed by atoms with Gasteiger partial charge in [-0.05, 0) is 47.8 Å². The fourth-order valence-electron chi connectivity index (χ4n) is 2.56. The van der Waals surface area contributed by atoms with E-state index in [4.69, 9.17) is 26.4 Å². The monoisotopic (exact) mass is 437 g/mol. The summed E-state index contributed by atoms with van der Waals surface area (Å²) < 4.78 is 25.0. The summed E-state index contributed by atoms with van der Waals surface area (Å²) in [6.07, 6.45) is 0. The van der Waals surface area contributed by atoms with Gasteiger partial charge in [0.2, 0.25) is 0 Å². The van der Waals surface area contributed by atoms with Crippen molar-refractivity contribution in [3.63, 3.8) is 0 Å². The number of hydrogen-bond acceptors (Lipinski definition) is 9. The quantitative estimate of drug-likeness (QED) is 0.277. The molecule has 0 amide bonds. The summed E-state index contributed by atoms with van der Waals surface area (Å²) in [5.41, 5.74) is 0.979. The van der Waals surface area contributed by atoms with Crippen molar-refractivity contribution >= 4 is 23.1 Å². The molecule has 0 saturated heterocycles. The van der Waals surface area contributed by atoms with Crippen molar-refractivity contribution in [3.05, 3.63) is 46.3 Å². The number of rotatable bonds is 10. The van der Waals surface area contributed by atoms with Crippen LogP contribution < -0.4 is 5.32 Å². The van der Waals surface area contributed by atoms with Crippen molar-refractivity contribution in [1.29, 1.82) is 5.41 Å². The summed E-state index contributed by atoms with van der Waals surface area (Å²) in [7, 11) is 1.94. The van der Waals surface area contributed by atoms with Crippen molar-refractivity contribution in [2.24, 2.45) is 0 Å². The number of tetrazole rings is 1. The van der Waals surface area contributed by atoms with E-state index >= 15 is 0 Å². The van der Waals surface area contributed by atoms with Crippen molar-refractivity contribution < 1.29 is 13.8 Å². The van der Waals surface area contributed by atoms with E-state index in [0.717, 1.165) is 6.54 Å². The zero-order chi connectivity index (χ0) is 21.5. The zero-order valence-electron chi connectivity index (χ0n) is 16.5. The number of hydrogen-bond donors (Lipinski definition) is 2. The van der Waals surface area contributed by atoms with E-state index in [9.17, 15) is 4.39 Å². The van der Waals surface area contributed by atoms with Crippen LogP contribution in [0.3, 0.4) is 0 Å². The van der Waals surface area contributed by atoms with Gasteiger partial charge in [0, 0.05) is 18.8 Å². The molecule has 2 heterocycles. The molecule has 0 aliphatic heterocycles. The summed E-state index contributed by atoms with van der Waals surface area (Å²) in [4.78, 5) is 2.03. The van der Waals surface area contributed by atoms with Gasteiger partial charge in [0.25, 0.3) is 0 Å². The average Bonchev–Trinajstić information content (AvgIpc) is 3.35. The molecule has 2 aromatic heterocycles. The van der Waals surface area contributed by atoms with Gasteiger partial charge in [0.05, 0.1) is 24.7 Å². The van der Waals surface area contributed by atoms with E-state index < -0.39 is 5.82 Å². The van der Waals surface area contributed by atoms with Crippen molar-refractivity contribution in [2.45, 2.75) is 20.0 Å². The normalized spacial score (nSPS) is 11.2. The van der Waals surface area contributed by atoms with E-state index in [-0.39, 0.29) is 23.1 Å². The topological polar surface area (TPSA) is 131 Å². The molecular weight excluding hydrogens is 417 g/mol. The predicted molar refractivity (Wildman–Crippen MR) is 106 cm³/mol. The number of aromatic nitrogens is 6. The first-order valence-corrected chi connectivity index (χ1v) is 9.49. The second-order valence-corrected chi connectivity index (χ2v) is 6.78. The highest BCUT2D eigenvalue weighted by molar-refractivity contribution is 6.31. The maximum atomic E-state index is 13.3. The number of halogens is 2. The molecule has 0 fully saturated rings. The maximum absolute atomic E-state index is 13.3. The van der Waals surface area contributed by atoms with Crippen LogP contribution in [-0.2, 0) is 17.8 Å². The number of amidine groups is 1. The minimum atomic E-state index is -0.546. The van der Waals surface area contributed by atoms with Crippen molar-refractivity contribution in [2.75, 3.05) is 32.1 Å². The lowest BCUT2D eigenvalue weighted by atomic mass is 10.2. The molecule has 0 bridgehead atoms. The lowest BCUT2D eigenvalue weighted by molar-refractivity contribution is 0.119. The molecule has 0 saturated carbocycles. The number of anilines is 1. The zero-order valence-corrected chi connectivity index (χ0v) is 17.2. The second-order valence-electron chi connectivity index (χ2n) is 6.38. The highest BCUT2D eigenvalue weighted by Gasteiger charge is 2.19. The lowest BCUT2D eigenvalue weighted by Gasteiger charge is -2.15. The Labute approximate surface area is 176 Å². The van der Waals surface area contributed by atoms with Gasteiger partial charge in [-0.1, -0.05) is 16.8 Å². The molecule has 11 nitrogen and oxygen atoms in total. The smallest absolute Gasteiger partial charge is 0.174 e. The van der Waals surface area contributed by atoms with Gasteiger partial charge in [-0.2, -0.15) is 0 Å². The van der Waals surface area contributed by atoms with Crippen LogP contribution >= 0.6 is 11.6 Å². The highest BCUT2D eigenvalue weighted by atomic mass is 35.5. The van der Waals surface area contributed by atoms with E-state index in [2.05, 4.69) is 31.2 Å². The first-order valence-electron chi connectivity index (χ1n) is 9.11. The van der Waals surface area contributed by atoms with Gasteiger partial charge < -0.3 is 10.1 Å². The standard InChI is InChI=1S/C17H21ClFN9O2/c1-3-29-7-6-27(2)10-15-22-25-26-28(15)9-14-16(24-30-23-14)17(20)21-11-4-5-13(19)12(18)8-11/h4-5,8H,3,6-7,9-10H2,1-2H3,(H2,20,21). The average molecular weight is 438 g/mol. The molecule has 13 heteroatoms. The first-order chi connectivity index (χ1) is 14.5. The van der Waals surface area contributed by atoms with E-state index in [1.807, 2.05) is 18.9 Å². The van der Waals surface area contributed by atoms with Crippen LogP contribution in [0.2, 0.25) is 5.02 Å². The predicted octanol–water partition coefficient (Wildman–Crippen LogP) is 1.80. The summed E-state index contributed by atoms with van der Waals surface area (Å²) in [5.74, 6) is -0.0138. The molecule has 3 aromatic rings. The second kappa shape index (κ2) is 10.2. The number of likely N-dealkylation sites (N-methyl/N-ethyl adjacent to an activating group) is 1. The van der Waals surface area contributed by atoms with E-state index in [0.29, 0.717) is 37.0 Å². The molecule has 160 valence electrons. The third-order valence-electron chi connectivity index (χ3n) is 4.12. The van der Waals surface area contributed by atoms with Gasteiger partial charge in [0.1, 0.15) is 11.5 Å². The molecule has 0 aliphatic carbocycles. The van der Waals surface area contributed by atoms with Crippen LogP contribution in [0.1, 0.15) is 24.1 Å². The summed E-state index contributed by atoms with van der Waals surface area (Å²) in [5, 5.41) is 30.4. The Morgan fingerprint density at radius 1 is 1.40 bits per heavy atom. The van der Waals surface area contributed by atoms with Crippen molar-refractivity contribution in [3.8, 4) is 0 Å². The first kappa shape index (κ1) is 21.7. The largest absolute Gasteiger partial charge is 0.380 e.